The number of aryl methyl sites for hydroxylation is 1. The summed E-state index contributed by atoms with van der Waals surface area (Å²) in [4.78, 5) is 0.341. The molecule has 0 atom stereocenters. The summed E-state index contributed by atoms with van der Waals surface area (Å²) >= 11 is 1.85. The molecule has 0 aliphatic rings. The third kappa shape index (κ3) is 6.38. The number of sulfonamides is 1. The van der Waals surface area contributed by atoms with Gasteiger partial charge in [0.15, 0.2) is 0 Å². The summed E-state index contributed by atoms with van der Waals surface area (Å²) in [5.74, 6) is 1.18. The van der Waals surface area contributed by atoms with Crippen LogP contribution in [0.25, 0.3) is 0 Å². The van der Waals surface area contributed by atoms with Crippen LogP contribution in [-0.4, -0.2) is 27.0 Å². The molecule has 0 fully saturated rings. The largest absolute Gasteiger partial charge is 0.326 e. The number of unbranched alkanes of at least 4 members (excludes halogenated alkanes) is 3. The lowest BCUT2D eigenvalue weighted by molar-refractivity contribution is 0.573. The Labute approximate surface area is 132 Å². The van der Waals surface area contributed by atoms with Crippen molar-refractivity contribution in [3.8, 4) is 0 Å². The van der Waals surface area contributed by atoms with Crippen LogP contribution in [0.3, 0.4) is 0 Å². The molecular formula is C15H26N2O2S2. The number of hydrogen-bond acceptors (Lipinski definition) is 4. The van der Waals surface area contributed by atoms with E-state index in [0.717, 1.165) is 30.4 Å². The van der Waals surface area contributed by atoms with Gasteiger partial charge in [-0.2, -0.15) is 11.8 Å². The van der Waals surface area contributed by atoms with E-state index in [1.165, 1.54) is 12.2 Å². The van der Waals surface area contributed by atoms with Crippen LogP contribution in [0.15, 0.2) is 23.1 Å². The van der Waals surface area contributed by atoms with Crippen LogP contribution in [0.4, 0.5) is 0 Å². The van der Waals surface area contributed by atoms with Crippen molar-refractivity contribution in [1.82, 2.24) is 4.72 Å². The molecule has 0 aliphatic heterocycles. The lowest BCUT2D eigenvalue weighted by Crippen LogP contribution is -2.25. The van der Waals surface area contributed by atoms with Crippen LogP contribution >= 0.6 is 11.8 Å². The van der Waals surface area contributed by atoms with Crippen molar-refractivity contribution in [2.75, 3.05) is 18.6 Å². The topological polar surface area (TPSA) is 72.2 Å². The van der Waals surface area contributed by atoms with E-state index in [2.05, 4.69) is 11.0 Å². The lowest BCUT2D eigenvalue weighted by Gasteiger charge is -2.10. The van der Waals surface area contributed by atoms with Crippen molar-refractivity contribution in [2.24, 2.45) is 5.73 Å². The van der Waals surface area contributed by atoms with Crippen molar-refractivity contribution in [1.29, 1.82) is 0 Å². The zero-order valence-electron chi connectivity index (χ0n) is 12.9. The van der Waals surface area contributed by atoms with Crippen molar-refractivity contribution in [3.63, 3.8) is 0 Å². The predicted molar refractivity (Wildman–Crippen MR) is 91.1 cm³/mol. The highest BCUT2D eigenvalue weighted by Gasteiger charge is 2.16. The summed E-state index contributed by atoms with van der Waals surface area (Å²) < 4.78 is 27.3. The van der Waals surface area contributed by atoms with Gasteiger partial charge in [-0.3, -0.25) is 0 Å². The molecule has 0 aromatic heterocycles. The molecule has 1 aromatic rings. The molecule has 0 unspecified atom stereocenters. The molecule has 3 N–H and O–H groups in total. The van der Waals surface area contributed by atoms with Crippen LogP contribution in [0, 0.1) is 6.92 Å². The van der Waals surface area contributed by atoms with Gasteiger partial charge in [0.1, 0.15) is 0 Å². The van der Waals surface area contributed by atoms with E-state index < -0.39 is 10.0 Å². The average molecular weight is 331 g/mol. The van der Waals surface area contributed by atoms with Gasteiger partial charge in [-0.1, -0.05) is 25.0 Å². The second-order valence-electron chi connectivity index (χ2n) is 5.11. The monoisotopic (exact) mass is 330 g/mol. The number of hydrogen-bond donors (Lipinski definition) is 2. The normalized spacial score (nSPS) is 11.8. The molecule has 0 bridgehead atoms. The van der Waals surface area contributed by atoms with E-state index in [9.17, 15) is 8.42 Å². The molecule has 0 radical (unpaired) electrons. The van der Waals surface area contributed by atoms with E-state index in [1.807, 2.05) is 17.8 Å². The summed E-state index contributed by atoms with van der Waals surface area (Å²) in [5, 5.41) is 0. The van der Waals surface area contributed by atoms with Crippen molar-refractivity contribution in [2.45, 2.75) is 44.0 Å². The van der Waals surface area contributed by atoms with E-state index in [1.54, 1.807) is 19.1 Å². The molecule has 0 aliphatic carbocycles. The van der Waals surface area contributed by atoms with E-state index >= 15 is 0 Å². The Morgan fingerprint density at radius 2 is 1.90 bits per heavy atom. The fourth-order valence-corrected chi connectivity index (χ4v) is 3.93. The number of benzene rings is 1. The Morgan fingerprint density at radius 1 is 1.19 bits per heavy atom. The molecule has 0 saturated carbocycles. The predicted octanol–water partition coefficient (Wildman–Crippen LogP) is 2.66. The quantitative estimate of drug-likeness (QED) is 0.647. The number of nitrogens with two attached hydrogens (primary N) is 1. The van der Waals surface area contributed by atoms with Crippen LogP contribution in [0.2, 0.25) is 0 Å². The zero-order valence-corrected chi connectivity index (χ0v) is 14.5. The SMILES string of the molecule is CSCCCCCCNS(=O)(=O)c1cc(CN)ccc1C. The standard InChI is InChI=1S/C15H26N2O2S2/c1-13-7-8-14(12-16)11-15(13)21(18,19)17-9-5-3-4-6-10-20-2/h7-8,11,17H,3-6,9-10,12,16H2,1-2H3. The van der Waals surface area contributed by atoms with Gasteiger partial charge in [-0.15, -0.1) is 0 Å². The van der Waals surface area contributed by atoms with Gasteiger partial charge >= 0.3 is 0 Å². The number of thioether (sulfide) groups is 1. The smallest absolute Gasteiger partial charge is 0.240 e. The van der Waals surface area contributed by atoms with Gasteiger partial charge in [0.05, 0.1) is 4.90 Å². The highest BCUT2D eigenvalue weighted by Crippen LogP contribution is 2.17. The molecule has 6 heteroatoms. The Kier molecular flexibility index (Phi) is 8.33. The minimum Gasteiger partial charge on any atom is -0.326 e. The molecule has 0 spiro atoms. The van der Waals surface area contributed by atoms with Gasteiger partial charge in [-0.05, 0) is 49.0 Å². The van der Waals surface area contributed by atoms with Crippen LogP contribution in [0.5, 0.6) is 0 Å². The van der Waals surface area contributed by atoms with E-state index in [-0.39, 0.29) is 0 Å². The number of nitrogens with one attached hydrogen (secondary N) is 1. The Balaban J connectivity index is 2.50. The minimum absolute atomic E-state index is 0.341. The van der Waals surface area contributed by atoms with Crippen molar-refractivity contribution < 1.29 is 8.42 Å². The molecule has 120 valence electrons. The number of rotatable bonds is 10. The summed E-state index contributed by atoms with van der Waals surface area (Å²) in [6, 6.07) is 5.33. The van der Waals surface area contributed by atoms with Crippen LogP contribution in [0.1, 0.15) is 36.8 Å². The first kappa shape index (κ1) is 18.5. The lowest BCUT2D eigenvalue weighted by atomic mass is 10.1. The van der Waals surface area contributed by atoms with Crippen molar-refractivity contribution in [3.05, 3.63) is 29.3 Å². The average Bonchev–Trinajstić information content (AvgIpc) is 2.46. The van der Waals surface area contributed by atoms with Gasteiger partial charge in [0, 0.05) is 13.1 Å². The Morgan fingerprint density at radius 3 is 2.57 bits per heavy atom. The Hall–Kier alpha value is -0.560. The fraction of sp³-hybridized carbons (Fsp3) is 0.600. The maximum absolute atomic E-state index is 12.3. The third-order valence-electron chi connectivity index (χ3n) is 3.35. The van der Waals surface area contributed by atoms with Crippen molar-refractivity contribution >= 4 is 21.8 Å². The van der Waals surface area contributed by atoms with Gasteiger partial charge in [-0.25, -0.2) is 13.1 Å². The molecule has 0 heterocycles. The highest BCUT2D eigenvalue weighted by molar-refractivity contribution is 7.98. The maximum Gasteiger partial charge on any atom is 0.240 e. The fourth-order valence-electron chi connectivity index (χ4n) is 2.07. The molecule has 21 heavy (non-hydrogen) atoms. The third-order valence-corrected chi connectivity index (χ3v) is 5.65. The Bertz CT molecular complexity index is 530. The molecular weight excluding hydrogens is 304 g/mol. The minimum atomic E-state index is -3.43. The maximum atomic E-state index is 12.3. The van der Waals surface area contributed by atoms with E-state index in [0.29, 0.717) is 18.0 Å². The van der Waals surface area contributed by atoms with E-state index in [4.69, 9.17) is 5.73 Å². The first-order chi connectivity index (χ1) is 10.0. The molecule has 0 saturated heterocycles. The summed E-state index contributed by atoms with van der Waals surface area (Å²) in [5.41, 5.74) is 7.16. The summed E-state index contributed by atoms with van der Waals surface area (Å²) in [7, 11) is -3.43. The molecule has 1 aromatic carbocycles. The molecule has 0 amide bonds. The zero-order chi connectivity index (χ0) is 15.7. The van der Waals surface area contributed by atoms with Crippen LogP contribution in [-0.2, 0) is 16.6 Å². The first-order valence-corrected chi connectivity index (χ1v) is 10.2. The van der Waals surface area contributed by atoms with Crippen LogP contribution < -0.4 is 10.5 Å². The summed E-state index contributed by atoms with van der Waals surface area (Å²) in [6.07, 6.45) is 6.40. The highest BCUT2D eigenvalue weighted by atomic mass is 32.2. The second kappa shape index (κ2) is 9.46. The van der Waals surface area contributed by atoms with Gasteiger partial charge in [0.2, 0.25) is 10.0 Å². The first-order valence-electron chi connectivity index (χ1n) is 7.29. The second-order valence-corrected chi connectivity index (χ2v) is 7.83. The van der Waals surface area contributed by atoms with Gasteiger partial charge in [0.25, 0.3) is 0 Å². The molecule has 1 rings (SSSR count). The van der Waals surface area contributed by atoms with Gasteiger partial charge < -0.3 is 5.73 Å². The summed E-state index contributed by atoms with van der Waals surface area (Å²) in [6.45, 7) is 2.64. The molecule has 4 nitrogen and oxygen atoms in total.